The SMILES string of the molecule is CC(=O)N[C@H](C(=O)N1CCN(C(=O)[C@@H]2CN(C(C)(C)C)C[C@H]2c2ccc(F)c(F)c2F)[C@@H](C)C1)C1CCCCC1.Cl. The average Bonchev–Trinajstić information content (AvgIpc) is 3.36. The van der Waals surface area contributed by atoms with Crippen LogP contribution in [-0.4, -0.2) is 82.8 Å². The Bertz CT molecular complexity index is 1120. The van der Waals surface area contributed by atoms with Crippen molar-refractivity contribution in [2.24, 2.45) is 11.8 Å². The standard InChI is InChI=1S/C30H43F3N4O3.ClH/c1-18-15-35(29(40)27(34-19(2)38)20-9-7-6-8-10-20)13-14-37(18)28(39)23-17-36(30(3,4)5)16-22(23)21-11-12-24(31)26(33)25(21)32;/h11-12,18,20,22-23,27H,6-10,13-17H2,1-5H3,(H,34,38);1H/t18-,22-,23+,27-;/m0./s1. The highest BCUT2D eigenvalue weighted by Crippen LogP contribution is 2.39. The lowest BCUT2D eigenvalue weighted by atomic mass is 9.83. The van der Waals surface area contributed by atoms with Crippen molar-refractivity contribution >= 4 is 30.1 Å². The van der Waals surface area contributed by atoms with Gasteiger partial charge in [0.2, 0.25) is 17.7 Å². The van der Waals surface area contributed by atoms with Gasteiger partial charge in [-0.3, -0.25) is 19.3 Å². The minimum atomic E-state index is -1.52. The second kappa shape index (κ2) is 13.3. The Balaban J connectivity index is 0.00000462. The van der Waals surface area contributed by atoms with Crippen LogP contribution in [0, 0.1) is 29.3 Å². The third-order valence-electron chi connectivity index (χ3n) is 9.02. The summed E-state index contributed by atoms with van der Waals surface area (Å²) >= 11 is 0. The third-order valence-corrected chi connectivity index (χ3v) is 9.02. The predicted molar refractivity (Wildman–Crippen MR) is 153 cm³/mol. The van der Waals surface area contributed by atoms with Crippen molar-refractivity contribution in [3.63, 3.8) is 0 Å². The van der Waals surface area contributed by atoms with Crippen LogP contribution in [0.1, 0.15) is 78.2 Å². The Morgan fingerprint density at radius 1 is 0.951 bits per heavy atom. The van der Waals surface area contributed by atoms with Gasteiger partial charge < -0.3 is 15.1 Å². The van der Waals surface area contributed by atoms with E-state index in [4.69, 9.17) is 0 Å². The van der Waals surface area contributed by atoms with Gasteiger partial charge in [0.25, 0.3) is 0 Å². The van der Waals surface area contributed by atoms with Gasteiger partial charge in [0.1, 0.15) is 6.04 Å². The first-order valence-electron chi connectivity index (χ1n) is 14.5. The molecule has 4 rings (SSSR count). The minimum Gasteiger partial charge on any atom is -0.344 e. The van der Waals surface area contributed by atoms with Gasteiger partial charge in [0.05, 0.1) is 5.92 Å². The zero-order valence-electron chi connectivity index (χ0n) is 24.7. The molecule has 7 nitrogen and oxygen atoms in total. The van der Waals surface area contributed by atoms with Crippen LogP contribution in [0.2, 0.25) is 0 Å². The van der Waals surface area contributed by atoms with Gasteiger partial charge >= 0.3 is 0 Å². The number of carbonyl (C=O) groups excluding carboxylic acids is 3. The highest BCUT2D eigenvalue weighted by molar-refractivity contribution is 5.88. The zero-order chi connectivity index (χ0) is 29.4. The lowest BCUT2D eigenvalue weighted by Gasteiger charge is -2.43. The van der Waals surface area contributed by atoms with Crippen LogP contribution in [-0.2, 0) is 14.4 Å². The first-order chi connectivity index (χ1) is 18.8. The van der Waals surface area contributed by atoms with Gasteiger partial charge in [-0.05, 0) is 58.1 Å². The summed E-state index contributed by atoms with van der Waals surface area (Å²) in [5.74, 6) is -5.70. The fourth-order valence-electron chi connectivity index (χ4n) is 6.71. The molecule has 41 heavy (non-hydrogen) atoms. The van der Waals surface area contributed by atoms with Crippen LogP contribution in [0.25, 0.3) is 0 Å². The summed E-state index contributed by atoms with van der Waals surface area (Å²) in [6.45, 7) is 11.0. The number of rotatable bonds is 5. The molecule has 0 spiro atoms. The van der Waals surface area contributed by atoms with Gasteiger partial charge in [-0.15, -0.1) is 12.4 Å². The van der Waals surface area contributed by atoms with Gasteiger partial charge in [0.15, 0.2) is 17.5 Å². The Kier molecular flexibility index (Phi) is 10.8. The Morgan fingerprint density at radius 3 is 2.20 bits per heavy atom. The van der Waals surface area contributed by atoms with Crippen LogP contribution in [0.5, 0.6) is 0 Å². The maximum absolute atomic E-state index is 14.9. The quantitative estimate of drug-likeness (QED) is 0.506. The summed E-state index contributed by atoms with van der Waals surface area (Å²) in [4.78, 5) is 45.1. The summed E-state index contributed by atoms with van der Waals surface area (Å²) in [5.41, 5.74) is -0.298. The number of nitrogens with zero attached hydrogens (tertiary/aromatic N) is 3. The molecule has 2 saturated heterocycles. The number of amides is 3. The van der Waals surface area contributed by atoms with Crippen molar-refractivity contribution in [2.75, 3.05) is 32.7 Å². The monoisotopic (exact) mass is 600 g/mol. The molecule has 0 radical (unpaired) electrons. The number of benzene rings is 1. The third kappa shape index (κ3) is 7.19. The highest BCUT2D eigenvalue weighted by Gasteiger charge is 2.46. The van der Waals surface area contributed by atoms with E-state index >= 15 is 0 Å². The zero-order valence-corrected chi connectivity index (χ0v) is 25.5. The molecule has 1 saturated carbocycles. The Morgan fingerprint density at radius 2 is 1.61 bits per heavy atom. The lowest BCUT2D eigenvalue weighted by Crippen LogP contribution is -2.61. The minimum absolute atomic E-state index is 0. The number of carbonyl (C=O) groups is 3. The summed E-state index contributed by atoms with van der Waals surface area (Å²) in [7, 11) is 0. The van der Waals surface area contributed by atoms with Gasteiger partial charge in [-0.1, -0.05) is 25.3 Å². The molecule has 1 aromatic rings. The fourth-order valence-corrected chi connectivity index (χ4v) is 6.71. The van der Waals surface area contributed by atoms with Gasteiger partial charge in [0, 0.05) is 57.1 Å². The molecule has 1 N–H and O–H groups in total. The summed E-state index contributed by atoms with van der Waals surface area (Å²) in [5, 5.41) is 2.89. The molecule has 1 aliphatic carbocycles. The Hall–Kier alpha value is -2.33. The molecule has 0 bridgehead atoms. The summed E-state index contributed by atoms with van der Waals surface area (Å²) < 4.78 is 42.8. The normalized spacial score (nSPS) is 25.0. The molecule has 2 heterocycles. The molecule has 4 atom stereocenters. The van der Waals surface area contributed by atoms with E-state index in [1.807, 2.05) is 27.7 Å². The molecule has 3 fully saturated rings. The van der Waals surface area contributed by atoms with Crippen LogP contribution in [0.15, 0.2) is 12.1 Å². The van der Waals surface area contributed by atoms with E-state index in [2.05, 4.69) is 10.2 Å². The van der Waals surface area contributed by atoms with Crippen molar-refractivity contribution in [3.05, 3.63) is 35.1 Å². The topological polar surface area (TPSA) is 73.0 Å². The van der Waals surface area contributed by atoms with Crippen LogP contribution in [0.3, 0.4) is 0 Å². The second-order valence-electron chi connectivity index (χ2n) is 12.8. The van der Waals surface area contributed by atoms with E-state index in [9.17, 15) is 27.6 Å². The van der Waals surface area contributed by atoms with E-state index in [0.717, 1.165) is 38.2 Å². The van der Waals surface area contributed by atoms with Crippen molar-refractivity contribution in [1.29, 1.82) is 0 Å². The molecule has 1 aromatic carbocycles. The number of hydrogen-bond acceptors (Lipinski definition) is 4. The average molecular weight is 601 g/mol. The number of nitrogens with one attached hydrogen (secondary N) is 1. The molecular formula is C30H44ClF3N4O3. The molecule has 3 amide bonds. The maximum atomic E-state index is 14.9. The molecule has 2 aliphatic heterocycles. The van der Waals surface area contributed by atoms with Gasteiger partial charge in [-0.2, -0.15) is 0 Å². The number of piperazine rings is 1. The number of hydrogen-bond donors (Lipinski definition) is 1. The van der Waals surface area contributed by atoms with E-state index in [1.165, 1.54) is 13.0 Å². The largest absolute Gasteiger partial charge is 0.344 e. The van der Waals surface area contributed by atoms with E-state index < -0.39 is 35.3 Å². The smallest absolute Gasteiger partial charge is 0.245 e. The number of halogens is 4. The summed E-state index contributed by atoms with van der Waals surface area (Å²) in [6, 6.07) is 1.30. The molecule has 0 unspecified atom stereocenters. The van der Waals surface area contributed by atoms with Crippen LogP contribution in [0.4, 0.5) is 13.2 Å². The molecule has 0 aromatic heterocycles. The first kappa shape index (κ1) is 33.2. The molecule has 3 aliphatic rings. The summed E-state index contributed by atoms with van der Waals surface area (Å²) in [6.07, 6.45) is 5.02. The predicted octanol–water partition coefficient (Wildman–Crippen LogP) is 4.48. The van der Waals surface area contributed by atoms with E-state index in [1.54, 1.807) is 9.80 Å². The first-order valence-corrected chi connectivity index (χ1v) is 14.5. The molecule has 11 heteroatoms. The van der Waals surface area contributed by atoms with Crippen LogP contribution >= 0.6 is 12.4 Å². The lowest BCUT2D eigenvalue weighted by molar-refractivity contribution is -0.147. The van der Waals surface area contributed by atoms with E-state index in [-0.39, 0.29) is 53.2 Å². The Labute approximate surface area is 247 Å². The number of likely N-dealkylation sites (tertiary alicyclic amines) is 1. The molecular weight excluding hydrogens is 557 g/mol. The highest BCUT2D eigenvalue weighted by atomic mass is 35.5. The van der Waals surface area contributed by atoms with Crippen molar-refractivity contribution in [3.8, 4) is 0 Å². The van der Waals surface area contributed by atoms with Crippen molar-refractivity contribution < 1.29 is 27.6 Å². The maximum Gasteiger partial charge on any atom is 0.245 e. The van der Waals surface area contributed by atoms with Crippen molar-refractivity contribution in [2.45, 2.75) is 90.3 Å². The second-order valence-corrected chi connectivity index (χ2v) is 12.8. The fraction of sp³-hybridized carbons (Fsp3) is 0.700. The van der Waals surface area contributed by atoms with E-state index in [0.29, 0.717) is 32.7 Å². The van der Waals surface area contributed by atoms with Gasteiger partial charge in [-0.25, -0.2) is 13.2 Å². The van der Waals surface area contributed by atoms with Crippen molar-refractivity contribution in [1.82, 2.24) is 20.0 Å². The van der Waals surface area contributed by atoms with Crippen LogP contribution < -0.4 is 5.32 Å². The molecule has 230 valence electrons.